The number of carboxylic acids is 1. The summed E-state index contributed by atoms with van der Waals surface area (Å²) in [6.07, 6.45) is 4.15. The Morgan fingerprint density at radius 2 is 2.05 bits per heavy atom. The molecule has 3 aromatic heterocycles. The second-order valence-electron chi connectivity index (χ2n) is 7.63. The van der Waals surface area contributed by atoms with Gasteiger partial charge in [0.1, 0.15) is 12.4 Å². The maximum absolute atomic E-state index is 10.7. The number of methoxy groups -OCH3 is 1. The van der Waals surface area contributed by atoms with Crippen molar-refractivity contribution in [2.75, 3.05) is 32.2 Å². The molecule has 196 valence electrons. The zero-order valence-electron chi connectivity index (χ0n) is 21.4. The Bertz CT molecular complexity index is 1260. The topological polar surface area (TPSA) is 121 Å². The molecule has 0 saturated heterocycles. The van der Waals surface area contributed by atoms with Crippen molar-refractivity contribution in [2.24, 2.45) is 0 Å². The van der Waals surface area contributed by atoms with Crippen LogP contribution in [0.5, 0.6) is 17.4 Å². The Balaban J connectivity index is 0.000000322. The number of anilines is 1. The first-order valence-electron chi connectivity index (χ1n) is 12.2. The predicted molar refractivity (Wildman–Crippen MR) is 142 cm³/mol. The molecule has 5 rings (SSSR count). The Kier molecular flexibility index (Phi) is 10.5. The van der Waals surface area contributed by atoms with Crippen molar-refractivity contribution >= 4 is 22.7 Å². The summed E-state index contributed by atoms with van der Waals surface area (Å²) in [7, 11) is 1.60. The fourth-order valence-electron chi connectivity index (χ4n) is 3.48. The molecule has 4 heterocycles. The Labute approximate surface area is 216 Å². The van der Waals surface area contributed by atoms with Gasteiger partial charge in [0, 0.05) is 29.8 Å². The van der Waals surface area contributed by atoms with E-state index in [0.717, 1.165) is 40.5 Å². The number of aliphatic carboxylic acids is 1. The number of aromatic nitrogens is 4. The summed E-state index contributed by atoms with van der Waals surface area (Å²) in [4.78, 5) is 19.2. The predicted octanol–water partition coefficient (Wildman–Crippen LogP) is 4.45. The first-order chi connectivity index (χ1) is 18.1. The van der Waals surface area contributed by atoms with Crippen molar-refractivity contribution in [3.8, 4) is 17.4 Å². The number of pyridine rings is 2. The van der Waals surface area contributed by atoms with Gasteiger partial charge >= 0.3 is 5.97 Å². The Hall–Kier alpha value is -4.34. The molecule has 2 N–H and O–H groups in total. The van der Waals surface area contributed by atoms with Gasteiger partial charge in [-0.1, -0.05) is 19.9 Å². The van der Waals surface area contributed by atoms with Crippen LogP contribution in [0.3, 0.4) is 0 Å². The van der Waals surface area contributed by atoms with Crippen LogP contribution in [0.1, 0.15) is 26.0 Å². The average Bonchev–Trinajstić information content (AvgIpc) is 3.36. The van der Waals surface area contributed by atoms with Gasteiger partial charge in [0.05, 0.1) is 44.9 Å². The Morgan fingerprint density at radius 3 is 2.78 bits per heavy atom. The van der Waals surface area contributed by atoms with Crippen molar-refractivity contribution < 1.29 is 24.1 Å². The monoisotopic (exact) mass is 507 g/mol. The lowest BCUT2D eigenvalue weighted by molar-refractivity contribution is -0.137. The molecule has 0 aliphatic carbocycles. The molecule has 1 aliphatic heterocycles. The lowest BCUT2D eigenvalue weighted by atomic mass is 10.2. The van der Waals surface area contributed by atoms with E-state index in [0.29, 0.717) is 32.1 Å². The van der Waals surface area contributed by atoms with Crippen molar-refractivity contribution in [1.82, 2.24) is 19.7 Å². The highest BCUT2D eigenvalue weighted by Gasteiger charge is 2.11. The summed E-state index contributed by atoms with van der Waals surface area (Å²) in [6, 6.07) is 15.1. The molecule has 0 saturated carbocycles. The number of nitrogens with zero attached hydrogens (tertiary/aromatic N) is 4. The fourth-order valence-corrected chi connectivity index (χ4v) is 3.48. The molecule has 10 heteroatoms. The number of benzene rings is 1. The number of nitrogens with one attached hydrogen (secondary N) is 1. The van der Waals surface area contributed by atoms with E-state index in [1.807, 2.05) is 56.3 Å². The minimum Gasteiger partial charge on any atom is -0.493 e. The third kappa shape index (κ3) is 8.09. The normalized spacial score (nSPS) is 11.4. The van der Waals surface area contributed by atoms with Crippen molar-refractivity contribution in [3.05, 3.63) is 66.6 Å². The summed E-state index contributed by atoms with van der Waals surface area (Å²) in [6.45, 7) is 6.28. The zero-order valence-corrected chi connectivity index (χ0v) is 21.4. The minimum atomic E-state index is -0.837. The molecule has 0 amide bonds. The van der Waals surface area contributed by atoms with Gasteiger partial charge in [-0.3, -0.25) is 9.48 Å². The number of ether oxygens (including phenoxy) is 3. The molecule has 0 bridgehead atoms. The summed E-state index contributed by atoms with van der Waals surface area (Å²) in [5.74, 6) is 2.15. The Morgan fingerprint density at radius 1 is 1.19 bits per heavy atom. The van der Waals surface area contributed by atoms with Crippen LogP contribution in [-0.4, -0.2) is 57.7 Å². The van der Waals surface area contributed by atoms with Crippen molar-refractivity contribution in [3.63, 3.8) is 0 Å². The van der Waals surface area contributed by atoms with Crippen LogP contribution < -0.4 is 19.5 Å². The van der Waals surface area contributed by atoms with Crippen LogP contribution in [0, 0.1) is 0 Å². The summed E-state index contributed by atoms with van der Waals surface area (Å²) in [5, 5.41) is 17.2. The first-order valence-corrected chi connectivity index (χ1v) is 12.2. The molecular weight excluding hydrogens is 474 g/mol. The number of fused-ring (bicyclic) bond motifs is 2. The highest BCUT2D eigenvalue weighted by molar-refractivity contribution is 5.80. The van der Waals surface area contributed by atoms with E-state index >= 15 is 0 Å². The van der Waals surface area contributed by atoms with Gasteiger partial charge in [0.15, 0.2) is 11.6 Å². The van der Waals surface area contributed by atoms with E-state index < -0.39 is 5.97 Å². The van der Waals surface area contributed by atoms with E-state index in [1.165, 1.54) is 0 Å². The maximum Gasteiger partial charge on any atom is 0.305 e. The lowest BCUT2D eigenvalue weighted by Gasteiger charge is -2.18. The molecule has 4 aromatic rings. The standard InChI is InChI=1S/C19H20N4O4.C6H7NO.C2H6/c24-18(25)5-8-23-16-3-2-15(11-13(16)12-21-23)26-9-6-14-1-4-17-19(22-14)20-7-10-27-17;1-8-6-4-2-3-5-7-6;1-2/h1-4,11-12H,5-10H2,(H,20,22)(H,24,25);2-5H,1H3;1-2H3. The number of carbonyl (C=O) groups is 1. The van der Waals surface area contributed by atoms with Crippen LogP contribution in [0.15, 0.2) is 60.9 Å². The van der Waals surface area contributed by atoms with E-state index in [-0.39, 0.29) is 6.42 Å². The largest absolute Gasteiger partial charge is 0.493 e. The molecular formula is C27H33N5O5. The second kappa shape index (κ2) is 14.3. The first kappa shape index (κ1) is 27.3. The van der Waals surface area contributed by atoms with E-state index in [4.69, 9.17) is 19.3 Å². The van der Waals surface area contributed by atoms with Crippen molar-refractivity contribution in [1.29, 1.82) is 0 Å². The van der Waals surface area contributed by atoms with Gasteiger partial charge in [0.2, 0.25) is 5.88 Å². The van der Waals surface area contributed by atoms with Gasteiger partial charge in [-0.2, -0.15) is 5.10 Å². The van der Waals surface area contributed by atoms with Crippen LogP contribution in [0.2, 0.25) is 0 Å². The lowest BCUT2D eigenvalue weighted by Crippen LogP contribution is -2.19. The summed E-state index contributed by atoms with van der Waals surface area (Å²) in [5.41, 5.74) is 1.83. The number of aryl methyl sites for hydroxylation is 1. The SMILES string of the molecule is CC.COc1ccccn1.O=C(O)CCn1ncc2cc(OCCc3ccc4c(n3)NCCO4)ccc21. The van der Waals surface area contributed by atoms with Crippen LogP contribution in [0.25, 0.3) is 10.9 Å². The number of hydrogen-bond acceptors (Lipinski definition) is 8. The third-order valence-corrected chi connectivity index (χ3v) is 5.19. The smallest absolute Gasteiger partial charge is 0.305 e. The van der Waals surface area contributed by atoms with Crippen molar-refractivity contribution in [2.45, 2.75) is 33.2 Å². The molecule has 0 radical (unpaired) electrons. The molecule has 1 aromatic carbocycles. The van der Waals surface area contributed by atoms with E-state index in [2.05, 4.69) is 20.4 Å². The summed E-state index contributed by atoms with van der Waals surface area (Å²) < 4.78 is 17.9. The second-order valence-corrected chi connectivity index (χ2v) is 7.63. The highest BCUT2D eigenvalue weighted by atomic mass is 16.5. The van der Waals surface area contributed by atoms with Gasteiger partial charge in [0.25, 0.3) is 0 Å². The third-order valence-electron chi connectivity index (χ3n) is 5.19. The number of rotatable bonds is 8. The molecule has 0 unspecified atom stereocenters. The molecule has 1 aliphatic rings. The molecule has 0 atom stereocenters. The molecule has 0 fully saturated rings. The van der Waals surface area contributed by atoms with Crippen LogP contribution >= 0.6 is 0 Å². The molecule has 0 spiro atoms. The van der Waals surface area contributed by atoms with Crippen LogP contribution in [0.4, 0.5) is 5.82 Å². The van der Waals surface area contributed by atoms with Gasteiger partial charge in [-0.25, -0.2) is 9.97 Å². The quantitative estimate of drug-likeness (QED) is 0.356. The van der Waals surface area contributed by atoms with E-state index in [1.54, 1.807) is 30.3 Å². The fraction of sp³-hybridized carbons (Fsp3) is 0.333. The van der Waals surface area contributed by atoms with Crippen LogP contribution in [-0.2, 0) is 17.8 Å². The minimum absolute atomic E-state index is 0.0444. The maximum atomic E-state index is 10.7. The van der Waals surface area contributed by atoms with Gasteiger partial charge < -0.3 is 24.6 Å². The molecule has 37 heavy (non-hydrogen) atoms. The summed E-state index contributed by atoms with van der Waals surface area (Å²) >= 11 is 0. The van der Waals surface area contributed by atoms with Gasteiger partial charge in [-0.15, -0.1) is 0 Å². The van der Waals surface area contributed by atoms with Gasteiger partial charge in [-0.05, 0) is 36.4 Å². The highest BCUT2D eigenvalue weighted by Crippen LogP contribution is 2.25. The number of hydrogen-bond donors (Lipinski definition) is 2. The number of carboxylic acid groups (broad SMARTS) is 1. The molecule has 10 nitrogen and oxygen atoms in total. The van der Waals surface area contributed by atoms with E-state index in [9.17, 15) is 4.79 Å². The zero-order chi connectivity index (χ0) is 26.5. The average molecular weight is 508 g/mol.